The highest BCUT2D eigenvalue weighted by Crippen LogP contribution is 2.53. The number of anilines is 3. The molecule has 10 aromatic carbocycles. The number of para-hydroxylation sites is 2. The Hall–Kier alpha value is -7.20. The van der Waals surface area contributed by atoms with Crippen molar-refractivity contribution in [3.8, 4) is 22.3 Å². The van der Waals surface area contributed by atoms with Crippen LogP contribution in [-0.2, 0) is 0 Å². The van der Waals surface area contributed by atoms with Crippen molar-refractivity contribution in [2.24, 2.45) is 0 Å². The zero-order valence-corrected chi connectivity index (χ0v) is 31.6. The standard InChI is InChI=1S/C54H33NOS/c1-2-19-37-34(15-1)16-12-27-43(37)51-44-24-5-3-20-39(44)40-21-4-6-25-45(40)52(51)55(48-30-14-28-46-41-22-7-9-31-49(41)56-53(46)48)36-18-11-17-35(33-36)38-26-13-29-47-42-23-8-10-32-50(42)57-54(38)47/h1-33H. The quantitative estimate of drug-likeness (QED) is 0.163. The maximum absolute atomic E-state index is 6.89. The summed E-state index contributed by atoms with van der Waals surface area (Å²) < 4.78 is 9.49. The highest BCUT2D eigenvalue weighted by molar-refractivity contribution is 7.26. The summed E-state index contributed by atoms with van der Waals surface area (Å²) in [5.41, 5.74) is 9.68. The van der Waals surface area contributed by atoms with Gasteiger partial charge in [0.2, 0.25) is 0 Å². The summed E-state index contributed by atoms with van der Waals surface area (Å²) in [6.07, 6.45) is 0. The lowest BCUT2D eigenvalue weighted by molar-refractivity contribution is 0.669. The largest absolute Gasteiger partial charge is 0.454 e. The van der Waals surface area contributed by atoms with Crippen LogP contribution >= 0.6 is 11.3 Å². The van der Waals surface area contributed by atoms with Gasteiger partial charge in [0.15, 0.2) is 5.58 Å². The molecule has 0 saturated carbocycles. The molecule has 12 rings (SSSR count). The zero-order valence-electron chi connectivity index (χ0n) is 30.8. The van der Waals surface area contributed by atoms with Crippen LogP contribution in [0.25, 0.3) is 96.7 Å². The first-order chi connectivity index (χ1) is 28.3. The molecule has 0 aliphatic heterocycles. The molecule has 0 radical (unpaired) electrons. The average Bonchev–Trinajstić information content (AvgIpc) is 3.86. The number of nitrogens with zero attached hydrogens (tertiary/aromatic N) is 1. The Labute approximate surface area is 333 Å². The molecule has 0 bridgehead atoms. The van der Waals surface area contributed by atoms with Gasteiger partial charge in [0.1, 0.15) is 5.58 Å². The lowest BCUT2D eigenvalue weighted by Crippen LogP contribution is -2.13. The molecule has 3 heteroatoms. The first kappa shape index (κ1) is 32.1. The van der Waals surface area contributed by atoms with Crippen LogP contribution < -0.4 is 4.90 Å². The lowest BCUT2D eigenvalue weighted by atomic mass is 9.88. The van der Waals surface area contributed by atoms with Crippen LogP contribution in [0.2, 0.25) is 0 Å². The summed E-state index contributed by atoms with van der Waals surface area (Å²) in [5.74, 6) is 0. The number of hydrogen-bond donors (Lipinski definition) is 0. The minimum Gasteiger partial charge on any atom is -0.454 e. The zero-order chi connectivity index (χ0) is 37.5. The van der Waals surface area contributed by atoms with Gasteiger partial charge in [0.25, 0.3) is 0 Å². The topological polar surface area (TPSA) is 16.4 Å². The smallest absolute Gasteiger partial charge is 0.159 e. The molecule has 0 aliphatic carbocycles. The lowest BCUT2D eigenvalue weighted by Gasteiger charge is -2.31. The van der Waals surface area contributed by atoms with Crippen LogP contribution in [0.4, 0.5) is 17.1 Å². The van der Waals surface area contributed by atoms with E-state index in [0.29, 0.717) is 0 Å². The number of furan rings is 1. The fourth-order valence-electron chi connectivity index (χ4n) is 9.16. The summed E-state index contributed by atoms with van der Waals surface area (Å²) in [6.45, 7) is 0. The van der Waals surface area contributed by atoms with Crippen LogP contribution in [0, 0.1) is 0 Å². The third-order valence-electron chi connectivity index (χ3n) is 11.6. The van der Waals surface area contributed by atoms with Crippen LogP contribution in [0.15, 0.2) is 205 Å². The van der Waals surface area contributed by atoms with E-state index in [9.17, 15) is 0 Å². The van der Waals surface area contributed by atoms with Crippen LogP contribution in [0.5, 0.6) is 0 Å². The van der Waals surface area contributed by atoms with Gasteiger partial charge in [0.05, 0.1) is 11.4 Å². The van der Waals surface area contributed by atoms with Crippen molar-refractivity contribution in [1.29, 1.82) is 0 Å². The van der Waals surface area contributed by atoms with Crippen LogP contribution in [0.1, 0.15) is 0 Å². The highest BCUT2D eigenvalue weighted by Gasteiger charge is 2.27. The van der Waals surface area contributed by atoms with E-state index in [-0.39, 0.29) is 0 Å². The Kier molecular flexibility index (Phi) is 7.13. The van der Waals surface area contributed by atoms with Crippen molar-refractivity contribution >= 4 is 103 Å². The predicted molar refractivity (Wildman–Crippen MR) is 245 cm³/mol. The number of benzene rings is 10. The minimum atomic E-state index is 0.858. The van der Waals surface area contributed by atoms with Crippen LogP contribution in [-0.4, -0.2) is 0 Å². The number of thiophene rings is 1. The first-order valence-corrected chi connectivity index (χ1v) is 20.2. The molecule has 2 aromatic heterocycles. The van der Waals surface area contributed by atoms with E-state index in [4.69, 9.17) is 4.42 Å². The summed E-state index contributed by atoms with van der Waals surface area (Å²) in [7, 11) is 0. The summed E-state index contributed by atoms with van der Waals surface area (Å²) in [5, 5.41) is 12.0. The second-order valence-electron chi connectivity index (χ2n) is 14.8. The van der Waals surface area contributed by atoms with Gasteiger partial charge in [-0.25, -0.2) is 0 Å². The summed E-state index contributed by atoms with van der Waals surface area (Å²) >= 11 is 1.87. The molecule has 266 valence electrons. The van der Waals surface area contributed by atoms with E-state index < -0.39 is 0 Å². The van der Waals surface area contributed by atoms with Gasteiger partial charge in [-0.15, -0.1) is 11.3 Å². The van der Waals surface area contributed by atoms with Gasteiger partial charge in [-0.2, -0.15) is 0 Å². The Bertz CT molecular complexity index is 3550. The highest BCUT2D eigenvalue weighted by atomic mass is 32.1. The van der Waals surface area contributed by atoms with E-state index in [1.807, 2.05) is 11.3 Å². The van der Waals surface area contributed by atoms with Crippen LogP contribution in [0.3, 0.4) is 0 Å². The Morgan fingerprint density at radius 1 is 0.404 bits per heavy atom. The van der Waals surface area contributed by atoms with Gasteiger partial charge >= 0.3 is 0 Å². The van der Waals surface area contributed by atoms with Gasteiger partial charge in [-0.05, 0) is 74.0 Å². The van der Waals surface area contributed by atoms with E-state index in [1.54, 1.807) is 0 Å². The first-order valence-electron chi connectivity index (χ1n) is 19.4. The van der Waals surface area contributed by atoms with Gasteiger partial charge in [0, 0.05) is 47.6 Å². The predicted octanol–water partition coefficient (Wildman–Crippen LogP) is 16.2. The molecule has 2 nitrogen and oxygen atoms in total. The van der Waals surface area contributed by atoms with Crippen molar-refractivity contribution < 1.29 is 4.42 Å². The SMILES string of the molecule is c1cc(-c2cccc3c2sc2ccccc23)cc(N(c2c(-c3cccc4ccccc34)c3ccccc3c3ccccc23)c2cccc3c2oc2ccccc23)c1. The van der Waals surface area contributed by atoms with E-state index in [0.717, 1.165) is 39.0 Å². The summed E-state index contributed by atoms with van der Waals surface area (Å²) in [6, 6.07) is 72.8. The van der Waals surface area contributed by atoms with Crippen molar-refractivity contribution in [2.45, 2.75) is 0 Å². The Morgan fingerprint density at radius 2 is 1.00 bits per heavy atom. The van der Waals surface area contributed by atoms with Gasteiger partial charge in [-0.1, -0.05) is 170 Å². The number of fused-ring (bicyclic) bond motifs is 10. The molecule has 0 spiro atoms. The van der Waals surface area contributed by atoms with Crippen molar-refractivity contribution in [3.05, 3.63) is 200 Å². The van der Waals surface area contributed by atoms with Crippen molar-refractivity contribution in [3.63, 3.8) is 0 Å². The molecule has 0 atom stereocenters. The molecule has 2 heterocycles. The molecule has 57 heavy (non-hydrogen) atoms. The number of rotatable bonds is 5. The second-order valence-corrected chi connectivity index (χ2v) is 15.8. The molecule has 12 aromatic rings. The fraction of sp³-hybridized carbons (Fsp3) is 0. The molecule has 0 N–H and O–H groups in total. The molecule has 0 amide bonds. The molecular formula is C54H33NOS. The van der Waals surface area contributed by atoms with Gasteiger partial charge < -0.3 is 9.32 Å². The molecular weight excluding hydrogens is 711 g/mol. The third-order valence-corrected chi connectivity index (χ3v) is 12.9. The monoisotopic (exact) mass is 743 g/mol. The molecule has 0 aliphatic rings. The van der Waals surface area contributed by atoms with E-state index in [1.165, 1.54) is 74.7 Å². The second kappa shape index (κ2) is 12.7. The van der Waals surface area contributed by atoms with Gasteiger partial charge in [-0.3, -0.25) is 0 Å². The maximum atomic E-state index is 6.89. The van der Waals surface area contributed by atoms with Crippen molar-refractivity contribution in [1.82, 2.24) is 0 Å². The third kappa shape index (κ3) is 4.89. The Morgan fingerprint density at radius 3 is 1.88 bits per heavy atom. The summed E-state index contributed by atoms with van der Waals surface area (Å²) in [4.78, 5) is 2.48. The minimum absolute atomic E-state index is 0.858. The average molecular weight is 744 g/mol. The van der Waals surface area contributed by atoms with E-state index in [2.05, 4.69) is 205 Å². The fourth-order valence-corrected chi connectivity index (χ4v) is 10.4. The number of hydrogen-bond acceptors (Lipinski definition) is 3. The molecule has 0 unspecified atom stereocenters. The molecule has 0 saturated heterocycles. The Balaban J connectivity index is 1.23. The normalized spacial score (nSPS) is 11.9. The van der Waals surface area contributed by atoms with E-state index >= 15 is 0 Å². The molecule has 0 fully saturated rings. The van der Waals surface area contributed by atoms with Crippen molar-refractivity contribution in [2.75, 3.05) is 4.90 Å². The maximum Gasteiger partial charge on any atom is 0.159 e.